The van der Waals surface area contributed by atoms with E-state index in [1.54, 1.807) is 0 Å². The maximum absolute atomic E-state index is 12.3. The standard InChI is InChI=1S/C16H19IN2O3/c17-11-4-6-12(7-5-11)18-15(20)9-14-16(21)22-10-13-3-1-2-8-19(13)14/h4-7,13-14H,1-3,8-10H2,(H,18,20)/p+1/t13-,14-/m0/s1. The highest BCUT2D eigenvalue weighted by Gasteiger charge is 2.43. The largest absolute Gasteiger partial charge is 0.455 e. The second-order valence-electron chi connectivity index (χ2n) is 5.96. The highest BCUT2D eigenvalue weighted by atomic mass is 127. The van der Waals surface area contributed by atoms with Gasteiger partial charge in [-0.3, -0.25) is 4.79 Å². The lowest BCUT2D eigenvalue weighted by molar-refractivity contribution is -0.951. The summed E-state index contributed by atoms with van der Waals surface area (Å²) in [6.45, 7) is 1.46. The molecule has 2 saturated heterocycles. The summed E-state index contributed by atoms with van der Waals surface area (Å²) < 4.78 is 6.40. The molecular weight excluding hydrogens is 395 g/mol. The van der Waals surface area contributed by atoms with Gasteiger partial charge in [0, 0.05) is 15.7 Å². The Hall–Kier alpha value is -1.15. The van der Waals surface area contributed by atoms with Crippen molar-refractivity contribution in [1.82, 2.24) is 0 Å². The van der Waals surface area contributed by atoms with Gasteiger partial charge in [0.25, 0.3) is 0 Å². The average Bonchev–Trinajstić information content (AvgIpc) is 2.52. The third kappa shape index (κ3) is 3.60. The number of cyclic esters (lactones) is 1. The van der Waals surface area contributed by atoms with E-state index in [0.717, 1.165) is 28.6 Å². The predicted octanol–water partition coefficient (Wildman–Crippen LogP) is 0.983. The van der Waals surface area contributed by atoms with Crippen molar-refractivity contribution in [2.45, 2.75) is 37.8 Å². The third-order valence-corrected chi connectivity index (χ3v) is 5.19. The fourth-order valence-corrected chi connectivity index (χ4v) is 3.70. The van der Waals surface area contributed by atoms with Crippen LogP contribution in [-0.2, 0) is 14.3 Å². The topological polar surface area (TPSA) is 59.8 Å². The Labute approximate surface area is 143 Å². The van der Waals surface area contributed by atoms with Gasteiger partial charge in [0.2, 0.25) is 5.91 Å². The lowest BCUT2D eigenvalue weighted by Gasteiger charge is -2.40. The Balaban J connectivity index is 1.63. The van der Waals surface area contributed by atoms with E-state index in [1.807, 2.05) is 24.3 Å². The van der Waals surface area contributed by atoms with E-state index in [0.29, 0.717) is 12.6 Å². The van der Waals surface area contributed by atoms with Crippen LogP contribution in [0.3, 0.4) is 0 Å². The number of hydrogen-bond donors (Lipinski definition) is 2. The molecule has 0 aliphatic carbocycles. The Kier molecular flexibility index (Phi) is 4.97. The molecule has 0 bridgehead atoms. The Bertz CT molecular complexity index is 561. The van der Waals surface area contributed by atoms with E-state index in [1.165, 1.54) is 11.3 Å². The van der Waals surface area contributed by atoms with E-state index in [2.05, 4.69) is 27.9 Å². The van der Waals surface area contributed by atoms with Crippen LogP contribution in [0.25, 0.3) is 0 Å². The molecule has 0 saturated carbocycles. The second-order valence-corrected chi connectivity index (χ2v) is 7.21. The summed E-state index contributed by atoms with van der Waals surface area (Å²) in [4.78, 5) is 25.5. The SMILES string of the molecule is O=C(C[C@H]1C(=O)OC[C@@H]2CCCC[NH+]21)Nc1ccc(I)cc1. The summed E-state index contributed by atoms with van der Waals surface area (Å²) in [7, 11) is 0. The highest BCUT2D eigenvalue weighted by molar-refractivity contribution is 14.1. The number of benzene rings is 1. The second kappa shape index (κ2) is 6.95. The molecule has 6 heteroatoms. The molecule has 3 atom stereocenters. The molecule has 1 aromatic carbocycles. The zero-order chi connectivity index (χ0) is 15.5. The minimum atomic E-state index is -0.358. The van der Waals surface area contributed by atoms with E-state index in [9.17, 15) is 9.59 Å². The number of nitrogens with one attached hydrogen (secondary N) is 2. The number of quaternary nitrogens is 1. The number of halogens is 1. The molecule has 0 spiro atoms. The zero-order valence-corrected chi connectivity index (χ0v) is 14.5. The predicted molar refractivity (Wildman–Crippen MR) is 90.6 cm³/mol. The van der Waals surface area contributed by atoms with Crippen molar-refractivity contribution in [2.24, 2.45) is 0 Å². The van der Waals surface area contributed by atoms with Crippen LogP contribution >= 0.6 is 22.6 Å². The maximum atomic E-state index is 12.3. The quantitative estimate of drug-likeness (QED) is 0.572. The first-order chi connectivity index (χ1) is 10.6. The van der Waals surface area contributed by atoms with Gasteiger partial charge in [-0.25, -0.2) is 4.79 Å². The molecular formula is C16H20IN2O3+. The summed E-state index contributed by atoms with van der Waals surface area (Å²) in [5, 5.41) is 2.87. The van der Waals surface area contributed by atoms with E-state index in [-0.39, 0.29) is 24.3 Å². The number of fused-ring (bicyclic) bond motifs is 1. The van der Waals surface area contributed by atoms with Crippen molar-refractivity contribution >= 4 is 40.2 Å². The molecule has 1 amide bonds. The van der Waals surface area contributed by atoms with Gasteiger partial charge < -0.3 is 15.0 Å². The van der Waals surface area contributed by atoms with Crippen LogP contribution in [0.1, 0.15) is 25.7 Å². The molecule has 2 N–H and O–H groups in total. The number of piperidine rings is 1. The molecule has 2 fully saturated rings. The maximum Gasteiger partial charge on any atom is 0.365 e. The number of hydrogen-bond acceptors (Lipinski definition) is 3. The van der Waals surface area contributed by atoms with E-state index >= 15 is 0 Å². The van der Waals surface area contributed by atoms with Crippen LogP contribution in [0.15, 0.2) is 24.3 Å². The van der Waals surface area contributed by atoms with Gasteiger partial charge in [-0.2, -0.15) is 0 Å². The molecule has 2 heterocycles. The average molecular weight is 415 g/mol. The van der Waals surface area contributed by atoms with Gasteiger partial charge in [0.15, 0.2) is 6.04 Å². The molecule has 0 aromatic heterocycles. The van der Waals surface area contributed by atoms with Crippen molar-refractivity contribution in [3.63, 3.8) is 0 Å². The molecule has 118 valence electrons. The van der Waals surface area contributed by atoms with Crippen LogP contribution in [-0.4, -0.2) is 37.1 Å². The summed E-state index contributed by atoms with van der Waals surface area (Å²) in [5.74, 6) is -0.354. The summed E-state index contributed by atoms with van der Waals surface area (Å²) >= 11 is 2.22. The van der Waals surface area contributed by atoms with Crippen LogP contribution in [0, 0.1) is 3.57 Å². The van der Waals surface area contributed by atoms with Gasteiger partial charge in [-0.1, -0.05) is 0 Å². The Morgan fingerprint density at radius 3 is 2.86 bits per heavy atom. The van der Waals surface area contributed by atoms with Crippen LogP contribution in [0.2, 0.25) is 0 Å². The fourth-order valence-electron chi connectivity index (χ4n) is 3.34. The van der Waals surface area contributed by atoms with Crippen LogP contribution in [0.5, 0.6) is 0 Å². The molecule has 2 aliphatic rings. The minimum absolute atomic E-state index is 0.123. The number of carbonyl (C=O) groups excluding carboxylic acids is 2. The fraction of sp³-hybridized carbons (Fsp3) is 0.500. The highest BCUT2D eigenvalue weighted by Crippen LogP contribution is 2.13. The molecule has 0 radical (unpaired) electrons. The van der Waals surface area contributed by atoms with Gasteiger partial charge in [-0.15, -0.1) is 0 Å². The lowest BCUT2D eigenvalue weighted by Crippen LogP contribution is -3.22. The Morgan fingerprint density at radius 1 is 1.32 bits per heavy atom. The first kappa shape index (κ1) is 15.7. The number of ether oxygens (including phenoxy) is 1. The first-order valence-electron chi connectivity index (χ1n) is 7.71. The smallest absolute Gasteiger partial charge is 0.365 e. The molecule has 1 unspecified atom stereocenters. The lowest BCUT2D eigenvalue weighted by atomic mass is 9.97. The summed E-state index contributed by atoms with van der Waals surface area (Å²) in [6.07, 6.45) is 3.58. The number of anilines is 1. The molecule has 2 aliphatic heterocycles. The van der Waals surface area contributed by atoms with Crippen molar-refractivity contribution in [3.05, 3.63) is 27.8 Å². The molecule has 3 rings (SSSR count). The van der Waals surface area contributed by atoms with E-state index in [4.69, 9.17) is 4.74 Å². The number of rotatable bonds is 3. The minimum Gasteiger partial charge on any atom is -0.455 e. The van der Waals surface area contributed by atoms with Gasteiger partial charge in [0.05, 0.1) is 13.0 Å². The third-order valence-electron chi connectivity index (χ3n) is 4.47. The van der Waals surface area contributed by atoms with Gasteiger partial charge in [0.1, 0.15) is 12.6 Å². The van der Waals surface area contributed by atoms with Crippen LogP contribution in [0.4, 0.5) is 5.69 Å². The molecule has 5 nitrogen and oxygen atoms in total. The number of morpholine rings is 1. The van der Waals surface area contributed by atoms with Crippen molar-refractivity contribution < 1.29 is 19.2 Å². The van der Waals surface area contributed by atoms with Crippen molar-refractivity contribution in [1.29, 1.82) is 0 Å². The zero-order valence-electron chi connectivity index (χ0n) is 12.3. The first-order valence-corrected chi connectivity index (χ1v) is 8.79. The summed E-state index contributed by atoms with van der Waals surface area (Å²) in [5.41, 5.74) is 0.764. The summed E-state index contributed by atoms with van der Waals surface area (Å²) in [6, 6.07) is 7.63. The van der Waals surface area contributed by atoms with Crippen LogP contribution < -0.4 is 10.2 Å². The van der Waals surface area contributed by atoms with Crippen molar-refractivity contribution in [2.75, 3.05) is 18.5 Å². The van der Waals surface area contributed by atoms with E-state index < -0.39 is 0 Å². The normalized spacial score (nSPS) is 27.7. The number of amides is 1. The monoisotopic (exact) mass is 415 g/mol. The molecule has 1 aromatic rings. The molecule has 22 heavy (non-hydrogen) atoms. The Morgan fingerprint density at radius 2 is 2.09 bits per heavy atom. The van der Waals surface area contributed by atoms with Crippen molar-refractivity contribution in [3.8, 4) is 0 Å². The van der Waals surface area contributed by atoms with Gasteiger partial charge in [-0.05, 0) is 59.7 Å². The van der Waals surface area contributed by atoms with Gasteiger partial charge >= 0.3 is 5.97 Å². The number of carbonyl (C=O) groups is 2. The number of esters is 1.